The monoisotopic (exact) mass is 332 g/mol. The van der Waals surface area contributed by atoms with Crippen molar-refractivity contribution in [3.63, 3.8) is 0 Å². The molecule has 1 aliphatic rings. The van der Waals surface area contributed by atoms with E-state index >= 15 is 0 Å². The van der Waals surface area contributed by atoms with Crippen LogP contribution in [0.2, 0.25) is 0 Å². The molecular formula is C18H24N2O4. The number of nitrogens with one attached hydrogen (secondary N) is 1. The van der Waals surface area contributed by atoms with Gasteiger partial charge in [0.25, 0.3) is 0 Å². The zero-order chi connectivity index (χ0) is 18.1. The summed E-state index contributed by atoms with van der Waals surface area (Å²) in [5.74, 6) is -2.36. The lowest BCUT2D eigenvalue weighted by molar-refractivity contribution is -0.143. The van der Waals surface area contributed by atoms with Gasteiger partial charge in [-0.3, -0.25) is 14.4 Å². The molecule has 6 nitrogen and oxygen atoms in total. The normalized spacial score (nSPS) is 20.8. The molecular weight excluding hydrogens is 308 g/mol. The number of hydrogen-bond acceptors (Lipinski definition) is 3. The second-order valence-electron chi connectivity index (χ2n) is 6.92. The van der Waals surface area contributed by atoms with Crippen LogP contribution in [0.4, 0.5) is 0 Å². The van der Waals surface area contributed by atoms with Crippen molar-refractivity contribution < 1.29 is 19.5 Å². The van der Waals surface area contributed by atoms with Crippen LogP contribution >= 0.6 is 0 Å². The minimum atomic E-state index is -1.06. The van der Waals surface area contributed by atoms with Gasteiger partial charge in [-0.05, 0) is 31.9 Å². The third kappa shape index (κ3) is 3.58. The van der Waals surface area contributed by atoms with Crippen LogP contribution < -0.4 is 5.32 Å². The van der Waals surface area contributed by atoms with E-state index in [4.69, 9.17) is 0 Å². The first-order valence-electron chi connectivity index (χ1n) is 8.00. The molecule has 2 atom stereocenters. The summed E-state index contributed by atoms with van der Waals surface area (Å²) in [6.45, 7) is 7.05. The molecule has 0 unspecified atom stereocenters. The largest absolute Gasteiger partial charge is 0.481 e. The number of carboxylic acids is 1. The van der Waals surface area contributed by atoms with Crippen LogP contribution in [-0.4, -0.2) is 46.4 Å². The summed E-state index contributed by atoms with van der Waals surface area (Å²) in [4.78, 5) is 37.3. The first kappa shape index (κ1) is 18.0. The van der Waals surface area contributed by atoms with E-state index in [9.17, 15) is 19.5 Å². The lowest BCUT2D eigenvalue weighted by atomic mass is 9.86. The quantitative estimate of drug-likeness (QED) is 0.875. The Labute approximate surface area is 141 Å². The first-order valence-corrected chi connectivity index (χ1v) is 8.00. The molecule has 2 rings (SSSR count). The van der Waals surface area contributed by atoms with Gasteiger partial charge in [0.05, 0.1) is 5.92 Å². The van der Waals surface area contributed by atoms with Crippen molar-refractivity contribution in [3.05, 3.63) is 35.4 Å². The highest BCUT2D eigenvalue weighted by Gasteiger charge is 2.44. The Bertz CT molecular complexity index is 669. The summed E-state index contributed by atoms with van der Waals surface area (Å²) in [6.07, 6.45) is 0. The van der Waals surface area contributed by atoms with Gasteiger partial charge in [0, 0.05) is 25.9 Å². The summed E-state index contributed by atoms with van der Waals surface area (Å²) < 4.78 is 0. The van der Waals surface area contributed by atoms with Crippen molar-refractivity contribution in [1.82, 2.24) is 10.2 Å². The number of carbonyl (C=O) groups is 3. The highest BCUT2D eigenvalue weighted by Crippen LogP contribution is 2.35. The van der Waals surface area contributed by atoms with Crippen LogP contribution in [0.1, 0.15) is 37.8 Å². The molecule has 2 N–H and O–H groups in total. The van der Waals surface area contributed by atoms with Gasteiger partial charge in [0.2, 0.25) is 11.8 Å². The molecule has 1 fully saturated rings. The zero-order valence-corrected chi connectivity index (χ0v) is 14.5. The van der Waals surface area contributed by atoms with E-state index < -0.39 is 17.4 Å². The summed E-state index contributed by atoms with van der Waals surface area (Å²) >= 11 is 0. The van der Waals surface area contributed by atoms with Crippen LogP contribution in [0, 0.1) is 12.8 Å². The second-order valence-corrected chi connectivity index (χ2v) is 6.92. The van der Waals surface area contributed by atoms with Crippen molar-refractivity contribution in [2.24, 2.45) is 5.92 Å². The number of nitrogens with zero attached hydrogens (tertiary/aromatic N) is 1. The number of aryl methyl sites for hydroxylation is 1. The van der Waals surface area contributed by atoms with Gasteiger partial charge >= 0.3 is 5.97 Å². The molecule has 0 aromatic heterocycles. The molecule has 1 aliphatic heterocycles. The Morgan fingerprint density at radius 3 is 2.38 bits per heavy atom. The van der Waals surface area contributed by atoms with E-state index in [1.807, 2.05) is 31.2 Å². The Kier molecular flexibility index (Phi) is 4.96. The number of benzene rings is 1. The van der Waals surface area contributed by atoms with Gasteiger partial charge in [0.1, 0.15) is 5.54 Å². The topological polar surface area (TPSA) is 86.7 Å². The maximum Gasteiger partial charge on any atom is 0.308 e. The molecule has 2 amide bonds. The van der Waals surface area contributed by atoms with Gasteiger partial charge in [-0.1, -0.05) is 24.3 Å². The molecule has 1 heterocycles. The smallest absolute Gasteiger partial charge is 0.308 e. The summed E-state index contributed by atoms with van der Waals surface area (Å²) in [6, 6.07) is 7.65. The van der Waals surface area contributed by atoms with Crippen molar-refractivity contribution in [3.8, 4) is 0 Å². The number of amides is 2. The van der Waals surface area contributed by atoms with E-state index in [2.05, 4.69) is 5.32 Å². The average molecular weight is 332 g/mol. The SMILES string of the molecule is CC(=O)NC(C)(C)C(=O)N1C[C@@H](C(=O)O)[C@H](c2ccccc2C)C1. The first-order chi connectivity index (χ1) is 11.1. The molecule has 24 heavy (non-hydrogen) atoms. The number of hydrogen-bond donors (Lipinski definition) is 2. The van der Waals surface area contributed by atoms with Gasteiger partial charge in [0.15, 0.2) is 0 Å². The second kappa shape index (κ2) is 6.63. The molecule has 0 radical (unpaired) electrons. The van der Waals surface area contributed by atoms with E-state index in [-0.39, 0.29) is 24.3 Å². The molecule has 0 bridgehead atoms. The molecule has 1 saturated heterocycles. The minimum Gasteiger partial charge on any atom is -0.481 e. The van der Waals surface area contributed by atoms with Gasteiger partial charge < -0.3 is 15.3 Å². The molecule has 0 saturated carbocycles. The maximum absolute atomic E-state index is 12.8. The highest BCUT2D eigenvalue weighted by molar-refractivity contribution is 5.91. The van der Waals surface area contributed by atoms with Gasteiger partial charge in [-0.25, -0.2) is 0 Å². The third-order valence-electron chi connectivity index (χ3n) is 4.54. The Morgan fingerprint density at radius 2 is 1.83 bits per heavy atom. The zero-order valence-electron chi connectivity index (χ0n) is 14.5. The van der Waals surface area contributed by atoms with Crippen LogP contribution in [0.5, 0.6) is 0 Å². The average Bonchev–Trinajstić information content (AvgIpc) is 2.90. The van der Waals surface area contributed by atoms with Gasteiger partial charge in [-0.2, -0.15) is 0 Å². The number of rotatable bonds is 4. The lowest BCUT2D eigenvalue weighted by Crippen LogP contribution is -2.55. The molecule has 130 valence electrons. The number of carbonyl (C=O) groups excluding carboxylic acids is 2. The van der Waals surface area contributed by atoms with Crippen LogP contribution in [0.25, 0.3) is 0 Å². The third-order valence-corrected chi connectivity index (χ3v) is 4.54. The van der Waals surface area contributed by atoms with E-state index in [1.54, 1.807) is 18.7 Å². The fourth-order valence-corrected chi connectivity index (χ4v) is 3.43. The molecule has 0 spiro atoms. The summed E-state index contributed by atoms with van der Waals surface area (Å²) in [5, 5.41) is 12.2. The van der Waals surface area contributed by atoms with E-state index in [0.717, 1.165) is 11.1 Å². The minimum absolute atomic E-state index is 0.149. The van der Waals surface area contributed by atoms with Crippen molar-refractivity contribution in [2.45, 2.75) is 39.2 Å². The molecule has 0 aliphatic carbocycles. The van der Waals surface area contributed by atoms with E-state index in [0.29, 0.717) is 6.54 Å². The van der Waals surface area contributed by atoms with Crippen LogP contribution in [0.15, 0.2) is 24.3 Å². The molecule has 1 aromatic rings. The van der Waals surface area contributed by atoms with Gasteiger partial charge in [-0.15, -0.1) is 0 Å². The molecule has 6 heteroatoms. The number of carboxylic acid groups (broad SMARTS) is 1. The highest BCUT2D eigenvalue weighted by atomic mass is 16.4. The van der Waals surface area contributed by atoms with E-state index in [1.165, 1.54) is 6.92 Å². The molecule has 1 aromatic carbocycles. The lowest BCUT2D eigenvalue weighted by Gasteiger charge is -2.29. The Balaban J connectivity index is 2.27. The fourth-order valence-electron chi connectivity index (χ4n) is 3.43. The van der Waals surface area contributed by atoms with Crippen LogP contribution in [0.3, 0.4) is 0 Å². The number of aliphatic carboxylic acids is 1. The Hall–Kier alpha value is -2.37. The Morgan fingerprint density at radius 1 is 1.21 bits per heavy atom. The summed E-state index contributed by atoms with van der Waals surface area (Å²) in [5.41, 5.74) is 0.914. The van der Waals surface area contributed by atoms with Crippen molar-refractivity contribution in [2.75, 3.05) is 13.1 Å². The maximum atomic E-state index is 12.8. The fraction of sp³-hybridized carbons (Fsp3) is 0.500. The standard InChI is InChI=1S/C18H24N2O4/c1-11-7-5-6-8-13(11)14-9-20(10-15(14)16(22)23)17(24)18(3,4)19-12(2)21/h5-8,14-15H,9-10H2,1-4H3,(H,19,21)(H,22,23)/t14-,15+/m0/s1. The predicted octanol–water partition coefficient (Wildman–Crippen LogP) is 1.54. The van der Waals surface area contributed by atoms with Crippen molar-refractivity contribution in [1.29, 1.82) is 0 Å². The van der Waals surface area contributed by atoms with Crippen molar-refractivity contribution >= 4 is 17.8 Å². The number of likely N-dealkylation sites (tertiary alicyclic amines) is 1. The van der Waals surface area contributed by atoms with Crippen LogP contribution in [-0.2, 0) is 14.4 Å². The predicted molar refractivity (Wildman–Crippen MR) is 89.5 cm³/mol. The summed E-state index contributed by atoms with van der Waals surface area (Å²) in [7, 11) is 0.